The molecule has 0 aliphatic rings. The van der Waals surface area contributed by atoms with E-state index in [4.69, 9.17) is 4.42 Å². The van der Waals surface area contributed by atoms with Crippen LogP contribution in [0.2, 0.25) is 0 Å². The van der Waals surface area contributed by atoms with Gasteiger partial charge < -0.3 is 15.1 Å². The van der Waals surface area contributed by atoms with Gasteiger partial charge >= 0.3 is 6.18 Å². The molecule has 0 spiro atoms. The Kier molecular flexibility index (Phi) is 4.11. The summed E-state index contributed by atoms with van der Waals surface area (Å²) < 4.78 is 43.0. The third-order valence-corrected chi connectivity index (χ3v) is 2.49. The number of halogens is 3. The zero-order valence-electron chi connectivity index (χ0n) is 10.7. The smallest absolute Gasteiger partial charge is 0.451 e. The van der Waals surface area contributed by atoms with E-state index in [1.165, 1.54) is 13.1 Å². The van der Waals surface area contributed by atoms with Gasteiger partial charge in [0, 0.05) is 26.1 Å². The molecule has 0 saturated carbocycles. The van der Waals surface area contributed by atoms with Crippen molar-refractivity contribution in [2.24, 2.45) is 0 Å². The largest absolute Gasteiger partial charge is 0.469 e. The zero-order chi connectivity index (χ0) is 14.6. The maximum atomic E-state index is 12.6. The van der Waals surface area contributed by atoms with Gasteiger partial charge in [-0.1, -0.05) is 0 Å². The van der Waals surface area contributed by atoms with E-state index in [1.807, 2.05) is 0 Å². The fourth-order valence-electron chi connectivity index (χ4n) is 1.56. The van der Waals surface area contributed by atoms with E-state index in [1.54, 1.807) is 18.4 Å². The summed E-state index contributed by atoms with van der Waals surface area (Å²) in [7, 11) is 1.50. The second-order valence-electron chi connectivity index (χ2n) is 3.97. The monoisotopic (exact) mass is 286 g/mol. The molecule has 0 aliphatic heterocycles. The molecular formula is C12H13F3N4O. The minimum absolute atomic E-state index is 0.104. The highest BCUT2D eigenvalue weighted by Gasteiger charge is 2.35. The molecule has 0 unspecified atom stereocenters. The van der Waals surface area contributed by atoms with Crippen LogP contribution in [0.1, 0.15) is 11.6 Å². The number of furan rings is 1. The molecule has 2 aromatic rings. The number of nitrogens with one attached hydrogen (secondary N) is 2. The van der Waals surface area contributed by atoms with Gasteiger partial charge in [-0.05, 0) is 12.1 Å². The van der Waals surface area contributed by atoms with Gasteiger partial charge in [0.2, 0.25) is 5.82 Å². The van der Waals surface area contributed by atoms with Crippen LogP contribution in [-0.2, 0) is 12.6 Å². The first-order valence-corrected chi connectivity index (χ1v) is 5.89. The quantitative estimate of drug-likeness (QED) is 0.885. The summed E-state index contributed by atoms with van der Waals surface area (Å²) in [5, 5.41) is 5.39. The maximum absolute atomic E-state index is 12.6. The van der Waals surface area contributed by atoms with Gasteiger partial charge in [-0.15, -0.1) is 0 Å². The first-order valence-electron chi connectivity index (χ1n) is 5.89. The van der Waals surface area contributed by atoms with Gasteiger partial charge in [0.25, 0.3) is 0 Å². The predicted octanol–water partition coefficient (Wildman–Crippen LogP) is 2.78. The van der Waals surface area contributed by atoms with Gasteiger partial charge in [-0.25, -0.2) is 9.97 Å². The van der Waals surface area contributed by atoms with Crippen molar-refractivity contribution in [3.63, 3.8) is 0 Å². The van der Waals surface area contributed by atoms with E-state index in [0.29, 0.717) is 13.0 Å². The van der Waals surface area contributed by atoms with Gasteiger partial charge in [0.05, 0.1) is 6.26 Å². The molecule has 2 aromatic heterocycles. The lowest BCUT2D eigenvalue weighted by Crippen LogP contribution is -2.15. The van der Waals surface area contributed by atoms with Crippen LogP contribution < -0.4 is 10.6 Å². The maximum Gasteiger partial charge on any atom is 0.451 e. The Hall–Kier alpha value is -2.25. The summed E-state index contributed by atoms with van der Waals surface area (Å²) in [6.45, 7) is 0.408. The van der Waals surface area contributed by atoms with E-state index in [-0.39, 0.29) is 11.6 Å². The lowest BCUT2D eigenvalue weighted by molar-refractivity contribution is -0.144. The Morgan fingerprint density at radius 3 is 2.60 bits per heavy atom. The van der Waals surface area contributed by atoms with Crippen molar-refractivity contribution < 1.29 is 17.6 Å². The van der Waals surface area contributed by atoms with E-state index in [2.05, 4.69) is 20.6 Å². The number of aromatic nitrogens is 2. The number of rotatable bonds is 5. The van der Waals surface area contributed by atoms with Crippen molar-refractivity contribution >= 4 is 11.6 Å². The molecule has 0 atom stereocenters. The Balaban J connectivity index is 2.06. The number of hydrogen-bond donors (Lipinski definition) is 2. The molecule has 20 heavy (non-hydrogen) atoms. The van der Waals surface area contributed by atoms with Crippen LogP contribution in [0.25, 0.3) is 0 Å². The first-order chi connectivity index (χ1) is 9.49. The summed E-state index contributed by atoms with van der Waals surface area (Å²) in [5.41, 5.74) is 0. The van der Waals surface area contributed by atoms with E-state index in [0.717, 1.165) is 5.76 Å². The molecule has 0 bridgehead atoms. The summed E-state index contributed by atoms with van der Waals surface area (Å²) in [4.78, 5) is 6.83. The molecule has 0 radical (unpaired) electrons. The van der Waals surface area contributed by atoms with Gasteiger partial charge in [-0.2, -0.15) is 13.2 Å². The second kappa shape index (κ2) is 5.81. The lowest BCUT2D eigenvalue weighted by atomic mass is 10.3. The summed E-state index contributed by atoms with van der Waals surface area (Å²) in [6.07, 6.45) is -2.49. The van der Waals surface area contributed by atoms with Crippen LogP contribution in [0.3, 0.4) is 0 Å². The average molecular weight is 286 g/mol. The highest BCUT2D eigenvalue weighted by molar-refractivity contribution is 5.47. The van der Waals surface area contributed by atoms with E-state index >= 15 is 0 Å². The molecule has 2 heterocycles. The summed E-state index contributed by atoms with van der Waals surface area (Å²) in [6, 6.07) is 4.96. The Morgan fingerprint density at radius 2 is 2.00 bits per heavy atom. The van der Waals surface area contributed by atoms with Crippen molar-refractivity contribution in [2.45, 2.75) is 12.6 Å². The third kappa shape index (κ3) is 3.62. The predicted molar refractivity (Wildman–Crippen MR) is 67.5 cm³/mol. The Labute approximate surface area is 113 Å². The van der Waals surface area contributed by atoms with Gasteiger partial charge in [0.1, 0.15) is 17.4 Å². The van der Waals surface area contributed by atoms with Crippen molar-refractivity contribution in [2.75, 3.05) is 24.2 Å². The average Bonchev–Trinajstić information content (AvgIpc) is 2.90. The minimum Gasteiger partial charge on any atom is -0.469 e. The molecule has 0 amide bonds. The minimum atomic E-state index is -4.58. The standard InChI is InChI=1S/C12H13F3N4O/c1-16-9-7-10(19-11(18-9)12(13,14)15)17-5-4-8-3-2-6-20-8/h2-3,6-7H,4-5H2,1H3,(H2,16,17,18,19). The van der Waals surface area contributed by atoms with Crippen LogP contribution in [0.5, 0.6) is 0 Å². The summed E-state index contributed by atoms with van der Waals surface area (Å²) in [5.74, 6) is -0.211. The van der Waals surface area contributed by atoms with E-state index in [9.17, 15) is 13.2 Å². The first kappa shape index (κ1) is 14.2. The Bertz CT molecular complexity index is 554. The highest BCUT2D eigenvalue weighted by atomic mass is 19.4. The van der Waals surface area contributed by atoms with Crippen LogP contribution in [0, 0.1) is 0 Å². The number of hydrogen-bond acceptors (Lipinski definition) is 5. The van der Waals surface area contributed by atoms with Gasteiger partial charge in [0.15, 0.2) is 0 Å². The molecule has 0 aliphatic carbocycles. The van der Waals surface area contributed by atoms with Crippen LogP contribution in [-0.4, -0.2) is 23.6 Å². The molecule has 0 fully saturated rings. The van der Waals surface area contributed by atoms with Crippen LogP contribution >= 0.6 is 0 Å². The van der Waals surface area contributed by atoms with Crippen molar-refractivity contribution in [1.82, 2.24) is 9.97 Å². The molecule has 2 rings (SSSR count). The lowest BCUT2D eigenvalue weighted by Gasteiger charge is -2.11. The van der Waals surface area contributed by atoms with Crippen LogP contribution in [0.4, 0.5) is 24.8 Å². The van der Waals surface area contributed by atoms with Crippen molar-refractivity contribution in [1.29, 1.82) is 0 Å². The molecule has 108 valence electrons. The molecule has 2 N–H and O–H groups in total. The number of alkyl halides is 3. The van der Waals surface area contributed by atoms with Crippen molar-refractivity contribution in [3.05, 3.63) is 36.0 Å². The SMILES string of the molecule is CNc1cc(NCCc2ccco2)nc(C(F)(F)F)n1. The molecule has 0 saturated heterocycles. The fraction of sp³-hybridized carbons (Fsp3) is 0.333. The second-order valence-corrected chi connectivity index (χ2v) is 3.97. The van der Waals surface area contributed by atoms with Crippen molar-refractivity contribution in [3.8, 4) is 0 Å². The highest BCUT2D eigenvalue weighted by Crippen LogP contribution is 2.28. The normalized spacial score (nSPS) is 11.4. The molecule has 8 heteroatoms. The number of anilines is 2. The fourth-order valence-corrected chi connectivity index (χ4v) is 1.56. The van der Waals surface area contributed by atoms with Crippen LogP contribution in [0.15, 0.2) is 28.9 Å². The Morgan fingerprint density at radius 1 is 1.25 bits per heavy atom. The zero-order valence-corrected chi connectivity index (χ0v) is 10.7. The molecule has 0 aromatic carbocycles. The summed E-state index contributed by atoms with van der Waals surface area (Å²) >= 11 is 0. The third-order valence-electron chi connectivity index (χ3n) is 2.49. The molecular weight excluding hydrogens is 273 g/mol. The molecule has 5 nitrogen and oxygen atoms in total. The topological polar surface area (TPSA) is 63.0 Å². The number of nitrogens with zero attached hydrogens (tertiary/aromatic N) is 2. The van der Waals surface area contributed by atoms with E-state index < -0.39 is 12.0 Å². The van der Waals surface area contributed by atoms with Gasteiger partial charge in [-0.3, -0.25) is 0 Å².